The number of hydrogen-bond donors (Lipinski definition) is 0. The van der Waals surface area contributed by atoms with E-state index in [1.165, 1.54) is 64.2 Å². The van der Waals surface area contributed by atoms with Gasteiger partial charge in [-0.1, -0.05) is 63.3 Å². The largest absolute Gasteiger partial charge is 0.110 e. The van der Waals surface area contributed by atoms with Crippen LogP contribution in [0.2, 0.25) is 12.6 Å². The quantitative estimate of drug-likeness (QED) is 0.427. The zero-order valence-electron chi connectivity index (χ0n) is 13.1. The molecule has 2 aliphatic rings. The van der Waals surface area contributed by atoms with Gasteiger partial charge in [-0.05, 0) is 50.4 Å². The fourth-order valence-corrected chi connectivity index (χ4v) is 4.40. The molecule has 2 rings (SSSR count). The summed E-state index contributed by atoms with van der Waals surface area (Å²) in [6.45, 7) is 4.39. The van der Waals surface area contributed by atoms with Crippen molar-refractivity contribution in [1.82, 2.24) is 0 Å². The van der Waals surface area contributed by atoms with Crippen LogP contribution in [0.5, 0.6) is 0 Å². The summed E-state index contributed by atoms with van der Waals surface area (Å²) < 4.78 is 0. The van der Waals surface area contributed by atoms with E-state index in [2.05, 4.69) is 33.2 Å². The van der Waals surface area contributed by atoms with Crippen LogP contribution in [0.25, 0.3) is 0 Å². The van der Waals surface area contributed by atoms with Crippen LogP contribution < -0.4 is 0 Å². The van der Waals surface area contributed by atoms with Gasteiger partial charge in [-0.3, -0.25) is 0 Å². The predicted octanol–water partition coefficient (Wildman–Crippen LogP) is 5.88. The molecule has 1 heteroatoms. The molecule has 0 atom stereocenters. The lowest BCUT2D eigenvalue weighted by Gasteiger charge is -2.37. The highest BCUT2D eigenvalue weighted by atomic mass is 14.3. The Hall–Kier alpha value is -0.195. The first kappa shape index (κ1) is 15.2. The third-order valence-electron chi connectivity index (χ3n) is 5.82. The lowest BCUT2D eigenvalue weighted by molar-refractivity contribution is 0.164. The molecule has 2 fully saturated rings. The molecule has 0 aromatic heterocycles. The highest BCUT2D eigenvalue weighted by Crippen LogP contribution is 2.43. The topological polar surface area (TPSA) is 0 Å². The van der Waals surface area contributed by atoms with Gasteiger partial charge >= 0.3 is 0 Å². The Kier molecular flexibility index (Phi) is 6.54. The smallest absolute Gasteiger partial charge is 0.0917 e. The van der Waals surface area contributed by atoms with E-state index in [0.29, 0.717) is 0 Å². The minimum absolute atomic E-state index is 0.938. The van der Waals surface area contributed by atoms with Crippen molar-refractivity contribution in [3.63, 3.8) is 0 Å². The number of hydrogen-bond acceptors (Lipinski definition) is 0. The van der Waals surface area contributed by atoms with Gasteiger partial charge in [0.15, 0.2) is 0 Å². The van der Waals surface area contributed by atoms with Crippen LogP contribution in [0.1, 0.15) is 71.1 Å². The summed E-state index contributed by atoms with van der Waals surface area (Å²) in [7, 11) is 2.44. The van der Waals surface area contributed by atoms with Crippen molar-refractivity contribution in [3.8, 4) is 0 Å². The van der Waals surface area contributed by atoms with Crippen molar-refractivity contribution in [2.24, 2.45) is 17.8 Å². The van der Waals surface area contributed by atoms with Gasteiger partial charge < -0.3 is 0 Å². The highest BCUT2D eigenvalue weighted by Gasteiger charge is 2.30. The van der Waals surface area contributed by atoms with Crippen molar-refractivity contribution >= 4 is 7.28 Å². The molecule has 0 N–H and O–H groups in total. The van der Waals surface area contributed by atoms with Gasteiger partial charge in [0, 0.05) is 0 Å². The minimum Gasteiger partial charge on any atom is -0.0917 e. The molecule has 0 heterocycles. The summed E-state index contributed by atoms with van der Waals surface area (Å²) >= 11 is 0. The van der Waals surface area contributed by atoms with E-state index >= 15 is 0 Å². The number of allylic oxidation sites excluding steroid dienone is 2. The summed E-state index contributed by atoms with van der Waals surface area (Å²) in [6, 6.07) is 0. The lowest BCUT2D eigenvalue weighted by atomic mass is 9.57. The summed E-state index contributed by atoms with van der Waals surface area (Å²) in [5.41, 5.74) is 0. The lowest BCUT2D eigenvalue weighted by Crippen LogP contribution is -2.25. The standard InChI is InChI=1S/C18H32B/c1-3-4-5-6-15-7-9-16(10-8-15)17-11-13-18(19-2)14-12-17/h3-4,15-18H,5-14H2,1-2H3/b4-3+. The highest BCUT2D eigenvalue weighted by molar-refractivity contribution is 6.35. The Morgan fingerprint density at radius 3 is 2.00 bits per heavy atom. The molecule has 1 radical (unpaired) electrons. The van der Waals surface area contributed by atoms with Crippen molar-refractivity contribution < 1.29 is 0 Å². The van der Waals surface area contributed by atoms with Crippen LogP contribution in [0, 0.1) is 17.8 Å². The first-order chi connectivity index (χ1) is 9.33. The predicted molar refractivity (Wildman–Crippen MR) is 86.8 cm³/mol. The van der Waals surface area contributed by atoms with Crippen molar-refractivity contribution in [1.29, 1.82) is 0 Å². The maximum Gasteiger partial charge on any atom is 0.110 e. The summed E-state index contributed by atoms with van der Waals surface area (Å²) in [5.74, 6) is 4.13. The molecular formula is C18H32B. The van der Waals surface area contributed by atoms with E-state index in [-0.39, 0.29) is 0 Å². The molecule has 107 valence electrons. The third kappa shape index (κ3) is 4.69. The van der Waals surface area contributed by atoms with Gasteiger partial charge in [0.1, 0.15) is 7.28 Å². The molecule has 19 heavy (non-hydrogen) atoms. The van der Waals surface area contributed by atoms with Crippen LogP contribution in [0.4, 0.5) is 0 Å². The molecule has 0 spiro atoms. The fraction of sp³-hybridized carbons (Fsp3) is 0.889. The van der Waals surface area contributed by atoms with Gasteiger partial charge in [0.05, 0.1) is 0 Å². The molecule has 0 unspecified atom stereocenters. The molecule has 0 amide bonds. The molecule has 0 nitrogen and oxygen atoms in total. The first-order valence-corrected chi connectivity index (χ1v) is 8.74. The van der Waals surface area contributed by atoms with E-state index in [1.54, 1.807) is 0 Å². The Bertz CT molecular complexity index is 255. The van der Waals surface area contributed by atoms with Gasteiger partial charge in [0.25, 0.3) is 0 Å². The normalized spacial score (nSPS) is 36.5. The first-order valence-electron chi connectivity index (χ1n) is 8.74. The minimum atomic E-state index is 0.938. The average Bonchev–Trinajstić information content (AvgIpc) is 2.48. The molecule has 0 bridgehead atoms. The molecule has 0 aromatic carbocycles. The Labute approximate surface area is 121 Å². The van der Waals surface area contributed by atoms with E-state index < -0.39 is 0 Å². The zero-order valence-corrected chi connectivity index (χ0v) is 13.1. The van der Waals surface area contributed by atoms with Crippen molar-refractivity contribution in [2.45, 2.75) is 83.8 Å². The summed E-state index contributed by atoms with van der Waals surface area (Å²) in [5, 5.41) is 0. The van der Waals surface area contributed by atoms with E-state index in [1.807, 2.05) is 0 Å². The third-order valence-corrected chi connectivity index (χ3v) is 5.82. The van der Waals surface area contributed by atoms with E-state index in [9.17, 15) is 0 Å². The van der Waals surface area contributed by atoms with Gasteiger partial charge in [-0.25, -0.2) is 0 Å². The van der Waals surface area contributed by atoms with Crippen LogP contribution in [0.15, 0.2) is 12.2 Å². The molecular weight excluding hydrogens is 227 g/mol. The molecule has 0 aromatic rings. The Balaban J connectivity index is 1.66. The Morgan fingerprint density at radius 1 is 0.895 bits per heavy atom. The summed E-state index contributed by atoms with van der Waals surface area (Å²) in [4.78, 5) is 0. The molecule has 2 saturated carbocycles. The van der Waals surface area contributed by atoms with Crippen molar-refractivity contribution in [2.75, 3.05) is 0 Å². The summed E-state index contributed by atoms with van der Waals surface area (Å²) in [6.07, 6.45) is 19.4. The average molecular weight is 259 g/mol. The van der Waals surface area contributed by atoms with Crippen LogP contribution in [0.3, 0.4) is 0 Å². The Morgan fingerprint density at radius 2 is 1.47 bits per heavy atom. The van der Waals surface area contributed by atoms with Crippen LogP contribution in [-0.2, 0) is 0 Å². The molecule has 0 aliphatic heterocycles. The second-order valence-corrected chi connectivity index (χ2v) is 6.94. The SMILES string of the molecule is C[B]C1CCC(C2CCC(CC/C=C/C)CC2)CC1. The van der Waals surface area contributed by atoms with E-state index in [4.69, 9.17) is 0 Å². The second-order valence-electron chi connectivity index (χ2n) is 6.94. The zero-order chi connectivity index (χ0) is 13.5. The van der Waals surface area contributed by atoms with E-state index in [0.717, 1.165) is 23.6 Å². The van der Waals surface area contributed by atoms with Gasteiger partial charge in [0.2, 0.25) is 0 Å². The molecule has 0 saturated heterocycles. The van der Waals surface area contributed by atoms with Crippen molar-refractivity contribution in [3.05, 3.63) is 12.2 Å². The van der Waals surface area contributed by atoms with Crippen LogP contribution in [-0.4, -0.2) is 7.28 Å². The van der Waals surface area contributed by atoms with Crippen LogP contribution >= 0.6 is 0 Å². The molecule has 2 aliphatic carbocycles. The maximum absolute atomic E-state index is 2.44. The number of rotatable bonds is 5. The monoisotopic (exact) mass is 259 g/mol. The van der Waals surface area contributed by atoms with Gasteiger partial charge in [-0.2, -0.15) is 0 Å². The van der Waals surface area contributed by atoms with Gasteiger partial charge in [-0.15, -0.1) is 0 Å². The fourth-order valence-electron chi connectivity index (χ4n) is 4.40. The maximum atomic E-state index is 2.44. The second kappa shape index (κ2) is 8.17.